The average Bonchev–Trinajstić information content (AvgIpc) is 3.04. The van der Waals surface area contributed by atoms with E-state index in [-0.39, 0.29) is 5.91 Å². The van der Waals surface area contributed by atoms with Crippen LogP contribution < -0.4 is 16.4 Å². The van der Waals surface area contributed by atoms with Crippen molar-refractivity contribution in [3.63, 3.8) is 0 Å². The molecule has 2 amide bonds. The first-order valence-electron chi connectivity index (χ1n) is 5.98. The van der Waals surface area contributed by atoms with Crippen LogP contribution in [-0.2, 0) is 4.79 Å². The normalized spacial score (nSPS) is 10.4. The van der Waals surface area contributed by atoms with Gasteiger partial charge in [-0.2, -0.15) is 0 Å². The van der Waals surface area contributed by atoms with Crippen molar-refractivity contribution in [2.75, 3.05) is 18.9 Å². The van der Waals surface area contributed by atoms with Crippen molar-refractivity contribution < 1.29 is 9.59 Å². The third kappa shape index (κ3) is 3.43. The highest BCUT2D eigenvalue weighted by Gasteiger charge is 2.10. The molecule has 0 saturated heterocycles. The fraction of sp³-hybridized carbons (Fsp3) is 0.250. The Hall–Kier alpha value is -2.19. The van der Waals surface area contributed by atoms with Gasteiger partial charge in [0.05, 0.1) is 5.69 Å². The number of rotatable bonds is 6. The largest absolute Gasteiger partial charge is 0.364 e. The molecule has 106 valence electrons. The summed E-state index contributed by atoms with van der Waals surface area (Å²) in [5.41, 5.74) is 6.94. The van der Waals surface area contributed by atoms with Crippen LogP contribution >= 0.6 is 11.3 Å². The van der Waals surface area contributed by atoms with E-state index in [2.05, 4.69) is 20.6 Å². The number of amides is 2. The number of nitrogens with zero attached hydrogens (tertiary/aromatic N) is 1. The van der Waals surface area contributed by atoms with Gasteiger partial charge in [0, 0.05) is 30.1 Å². The standard InChI is InChI=1S/C12H15N5O2S/c1-14-3-2-10(18)17-12-16-9(6-20-12)7-4-8(11(13)19)15-5-7/h4-6,14-15H,2-3H2,1H3,(H2,13,19)(H,16,17,18). The molecule has 7 nitrogen and oxygen atoms in total. The monoisotopic (exact) mass is 293 g/mol. The summed E-state index contributed by atoms with van der Waals surface area (Å²) in [4.78, 5) is 29.6. The van der Waals surface area contributed by atoms with Crippen LogP contribution in [0.2, 0.25) is 0 Å². The fourth-order valence-electron chi connectivity index (χ4n) is 1.57. The Balaban J connectivity index is 2.04. The van der Waals surface area contributed by atoms with Crippen molar-refractivity contribution in [2.45, 2.75) is 6.42 Å². The van der Waals surface area contributed by atoms with Crippen LogP contribution in [0.5, 0.6) is 0 Å². The van der Waals surface area contributed by atoms with Gasteiger partial charge in [0.25, 0.3) is 5.91 Å². The van der Waals surface area contributed by atoms with E-state index in [0.717, 1.165) is 5.56 Å². The molecule has 0 fully saturated rings. The van der Waals surface area contributed by atoms with Gasteiger partial charge in [-0.25, -0.2) is 4.98 Å². The van der Waals surface area contributed by atoms with Gasteiger partial charge >= 0.3 is 0 Å². The maximum absolute atomic E-state index is 11.6. The number of thiazole rings is 1. The second kappa shape index (κ2) is 6.31. The first-order chi connectivity index (χ1) is 9.60. The minimum atomic E-state index is -0.521. The lowest BCUT2D eigenvalue weighted by Gasteiger charge is -2.00. The molecule has 0 bridgehead atoms. The van der Waals surface area contributed by atoms with Crippen molar-refractivity contribution in [3.05, 3.63) is 23.3 Å². The molecule has 0 aliphatic rings. The molecule has 2 heterocycles. The molecule has 2 aromatic heterocycles. The first kappa shape index (κ1) is 14.2. The van der Waals surface area contributed by atoms with Crippen molar-refractivity contribution in [3.8, 4) is 11.3 Å². The van der Waals surface area contributed by atoms with Gasteiger partial charge in [-0.1, -0.05) is 0 Å². The predicted octanol–water partition coefficient (Wildman–Crippen LogP) is 0.785. The fourth-order valence-corrected chi connectivity index (χ4v) is 2.30. The summed E-state index contributed by atoms with van der Waals surface area (Å²) in [6, 6.07) is 1.63. The van der Waals surface area contributed by atoms with Gasteiger partial charge < -0.3 is 21.4 Å². The summed E-state index contributed by atoms with van der Waals surface area (Å²) in [6.07, 6.45) is 2.04. The lowest BCUT2D eigenvalue weighted by Crippen LogP contribution is -2.18. The maximum Gasteiger partial charge on any atom is 0.265 e. The van der Waals surface area contributed by atoms with E-state index in [9.17, 15) is 9.59 Å². The van der Waals surface area contributed by atoms with E-state index in [1.54, 1.807) is 19.3 Å². The average molecular weight is 293 g/mol. The number of carbonyl (C=O) groups excluding carboxylic acids is 2. The summed E-state index contributed by atoms with van der Waals surface area (Å²) >= 11 is 1.33. The van der Waals surface area contributed by atoms with Crippen LogP contribution in [0.3, 0.4) is 0 Å². The van der Waals surface area contributed by atoms with Gasteiger partial charge in [0.15, 0.2) is 5.13 Å². The van der Waals surface area contributed by atoms with Crippen LogP contribution in [0.1, 0.15) is 16.9 Å². The van der Waals surface area contributed by atoms with E-state index in [1.807, 2.05) is 5.38 Å². The molecule has 0 aliphatic carbocycles. The van der Waals surface area contributed by atoms with Gasteiger partial charge in [-0.3, -0.25) is 9.59 Å². The molecular formula is C12H15N5O2S. The molecule has 8 heteroatoms. The number of carbonyl (C=O) groups is 2. The van der Waals surface area contributed by atoms with Crippen molar-refractivity contribution >= 4 is 28.3 Å². The van der Waals surface area contributed by atoms with E-state index < -0.39 is 5.91 Å². The zero-order valence-electron chi connectivity index (χ0n) is 10.9. The molecule has 0 aliphatic heterocycles. The van der Waals surface area contributed by atoms with Crippen LogP contribution in [0.4, 0.5) is 5.13 Å². The summed E-state index contributed by atoms with van der Waals surface area (Å²) < 4.78 is 0. The zero-order valence-corrected chi connectivity index (χ0v) is 11.7. The minimum Gasteiger partial charge on any atom is -0.364 e. The Morgan fingerprint density at radius 2 is 2.30 bits per heavy atom. The SMILES string of the molecule is CNCCC(=O)Nc1nc(-c2c[nH]c(C(N)=O)c2)cs1. The number of H-pyrrole nitrogens is 1. The molecule has 2 aromatic rings. The topological polar surface area (TPSA) is 113 Å². The van der Waals surface area contributed by atoms with Crippen molar-refractivity contribution in [2.24, 2.45) is 5.73 Å². The Bertz CT molecular complexity index is 619. The number of aromatic nitrogens is 2. The van der Waals surface area contributed by atoms with Crippen LogP contribution in [0.25, 0.3) is 11.3 Å². The predicted molar refractivity (Wildman–Crippen MR) is 77.6 cm³/mol. The van der Waals surface area contributed by atoms with E-state index >= 15 is 0 Å². The van der Waals surface area contributed by atoms with Crippen molar-refractivity contribution in [1.82, 2.24) is 15.3 Å². The lowest BCUT2D eigenvalue weighted by molar-refractivity contribution is -0.116. The molecule has 0 spiro atoms. The smallest absolute Gasteiger partial charge is 0.265 e. The Morgan fingerprint density at radius 1 is 1.50 bits per heavy atom. The Kier molecular flexibility index (Phi) is 4.49. The third-order valence-electron chi connectivity index (χ3n) is 2.60. The summed E-state index contributed by atoms with van der Waals surface area (Å²) in [5, 5.41) is 7.96. The minimum absolute atomic E-state index is 0.0906. The molecule has 0 radical (unpaired) electrons. The molecular weight excluding hydrogens is 278 g/mol. The lowest BCUT2D eigenvalue weighted by atomic mass is 10.2. The number of nitrogens with two attached hydrogens (primary N) is 1. The zero-order chi connectivity index (χ0) is 14.5. The van der Waals surface area contributed by atoms with E-state index in [0.29, 0.717) is 29.5 Å². The van der Waals surface area contributed by atoms with Crippen LogP contribution in [0, 0.1) is 0 Å². The molecule has 0 atom stereocenters. The van der Waals surface area contributed by atoms with E-state index in [4.69, 9.17) is 5.73 Å². The third-order valence-corrected chi connectivity index (χ3v) is 3.35. The molecule has 20 heavy (non-hydrogen) atoms. The quantitative estimate of drug-likeness (QED) is 0.630. The van der Waals surface area contributed by atoms with Gasteiger partial charge in [0.2, 0.25) is 5.91 Å². The molecule has 0 aromatic carbocycles. The number of aromatic amines is 1. The molecule has 5 N–H and O–H groups in total. The van der Waals surface area contributed by atoms with Gasteiger partial charge in [-0.15, -0.1) is 11.3 Å². The number of nitrogens with one attached hydrogen (secondary N) is 3. The maximum atomic E-state index is 11.6. The number of primary amides is 1. The van der Waals surface area contributed by atoms with Crippen molar-refractivity contribution in [1.29, 1.82) is 0 Å². The first-order valence-corrected chi connectivity index (χ1v) is 6.86. The molecule has 0 saturated carbocycles. The summed E-state index contributed by atoms with van der Waals surface area (Å²) in [7, 11) is 1.79. The second-order valence-corrected chi connectivity index (χ2v) is 4.96. The Labute approximate surface area is 119 Å². The number of hydrogen-bond donors (Lipinski definition) is 4. The van der Waals surface area contributed by atoms with Crippen LogP contribution in [0.15, 0.2) is 17.6 Å². The van der Waals surface area contributed by atoms with Gasteiger partial charge in [0.1, 0.15) is 5.69 Å². The highest BCUT2D eigenvalue weighted by molar-refractivity contribution is 7.14. The Morgan fingerprint density at radius 3 is 2.95 bits per heavy atom. The second-order valence-electron chi connectivity index (χ2n) is 4.11. The number of anilines is 1. The van der Waals surface area contributed by atoms with E-state index in [1.165, 1.54) is 11.3 Å². The van der Waals surface area contributed by atoms with Gasteiger partial charge in [-0.05, 0) is 13.1 Å². The number of hydrogen-bond acceptors (Lipinski definition) is 5. The highest BCUT2D eigenvalue weighted by atomic mass is 32.1. The summed E-state index contributed by atoms with van der Waals surface area (Å²) in [5.74, 6) is -0.612. The summed E-state index contributed by atoms with van der Waals surface area (Å²) in [6.45, 7) is 0.615. The highest BCUT2D eigenvalue weighted by Crippen LogP contribution is 2.25. The molecule has 2 rings (SSSR count). The molecule has 0 unspecified atom stereocenters. The van der Waals surface area contributed by atoms with Crippen LogP contribution in [-0.4, -0.2) is 35.4 Å².